The van der Waals surface area contributed by atoms with E-state index in [1.54, 1.807) is 4.68 Å². The number of carbonyl (C=O) groups excluding carboxylic acids is 1. The molecule has 0 saturated carbocycles. The minimum absolute atomic E-state index is 0.105. The standard InChI is InChI=1S/C22H24ClN3O/c1-15(27)24-21-13-20(17-7-9-18(10-8-17)22(2,3)4)25-26(21)14-16-5-11-19(23)12-6-16/h5-13H,14H2,1-4H3,(H,24,27). The Labute approximate surface area is 165 Å². The normalized spacial score (nSPS) is 11.4. The highest BCUT2D eigenvalue weighted by molar-refractivity contribution is 6.30. The minimum Gasteiger partial charge on any atom is -0.311 e. The van der Waals surface area contributed by atoms with E-state index in [1.165, 1.54) is 12.5 Å². The van der Waals surface area contributed by atoms with Crippen molar-refractivity contribution < 1.29 is 4.79 Å². The molecule has 5 heteroatoms. The molecule has 4 nitrogen and oxygen atoms in total. The van der Waals surface area contributed by atoms with Crippen LogP contribution < -0.4 is 5.32 Å². The van der Waals surface area contributed by atoms with E-state index in [9.17, 15) is 4.79 Å². The number of benzene rings is 2. The number of hydrogen-bond donors (Lipinski definition) is 1. The molecule has 2 aromatic carbocycles. The molecule has 0 radical (unpaired) electrons. The van der Waals surface area contributed by atoms with Crippen LogP contribution in [0.25, 0.3) is 11.3 Å². The second-order valence-corrected chi connectivity index (χ2v) is 8.14. The smallest absolute Gasteiger partial charge is 0.222 e. The fourth-order valence-electron chi connectivity index (χ4n) is 2.86. The van der Waals surface area contributed by atoms with Crippen LogP contribution in [0.2, 0.25) is 5.02 Å². The fourth-order valence-corrected chi connectivity index (χ4v) is 2.99. The van der Waals surface area contributed by atoms with E-state index in [4.69, 9.17) is 16.7 Å². The average Bonchev–Trinajstić information content (AvgIpc) is 2.98. The number of amides is 1. The summed E-state index contributed by atoms with van der Waals surface area (Å²) in [4.78, 5) is 11.6. The number of carbonyl (C=O) groups is 1. The van der Waals surface area contributed by atoms with Gasteiger partial charge in [-0.2, -0.15) is 5.10 Å². The molecule has 3 aromatic rings. The van der Waals surface area contributed by atoms with Crippen molar-refractivity contribution in [1.29, 1.82) is 0 Å². The second kappa shape index (κ2) is 7.57. The summed E-state index contributed by atoms with van der Waals surface area (Å²) in [7, 11) is 0. The van der Waals surface area contributed by atoms with Crippen LogP contribution in [0, 0.1) is 0 Å². The lowest BCUT2D eigenvalue weighted by Crippen LogP contribution is -2.12. The third-order valence-electron chi connectivity index (χ3n) is 4.38. The van der Waals surface area contributed by atoms with Crippen molar-refractivity contribution in [2.45, 2.75) is 39.7 Å². The minimum atomic E-state index is -0.123. The van der Waals surface area contributed by atoms with Gasteiger partial charge in [0.15, 0.2) is 0 Å². The van der Waals surface area contributed by atoms with Crippen molar-refractivity contribution in [2.24, 2.45) is 0 Å². The SMILES string of the molecule is CC(=O)Nc1cc(-c2ccc(C(C)(C)C)cc2)nn1Cc1ccc(Cl)cc1. The van der Waals surface area contributed by atoms with Crippen LogP contribution >= 0.6 is 11.6 Å². The molecule has 0 spiro atoms. The molecule has 0 bridgehead atoms. The molecule has 1 amide bonds. The first kappa shape index (κ1) is 19.2. The second-order valence-electron chi connectivity index (χ2n) is 7.71. The summed E-state index contributed by atoms with van der Waals surface area (Å²) < 4.78 is 1.80. The quantitative estimate of drug-likeness (QED) is 0.647. The first-order valence-electron chi connectivity index (χ1n) is 8.93. The summed E-state index contributed by atoms with van der Waals surface area (Å²) in [5.74, 6) is 0.550. The van der Waals surface area contributed by atoms with Gasteiger partial charge in [-0.15, -0.1) is 0 Å². The van der Waals surface area contributed by atoms with Crippen LogP contribution in [0.15, 0.2) is 54.6 Å². The summed E-state index contributed by atoms with van der Waals surface area (Å²) in [6, 6.07) is 17.9. The fraction of sp³-hybridized carbons (Fsp3) is 0.273. The summed E-state index contributed by atoms with van der Waals surface area (Å²) in [6.45, 7) is 8.62. The molecule has 0 atom stereocenters. The maximum atomic E-state index is 11.6. The Hall–Kier alpha value is -2.59. The van der Waals surface area contributed by atoms with Gasteiger partial charge in [0, 0.05) is 23.6 Å². The first-order valence-corrected chi connectivity index (χ1v) is 9.31. The van der Waals surface area contributed by atoms with Gasteiger partial charge in [0.2, 0.25) is 5.91 Å². The van der Waals surface area contributed by atoms with Gasteiger partial charge in [-0.1, -0.05) is 68.8 Å². The van der Waals surface area contributed by atoms with Crippen LogP contribution in [0.5, 0.6) is 0 Å². The van der Waals surface area contributed by atoms with Gasteiger partial charge in [0.05, 0.1) is 12.2 Å². The number of hydrogen-bond acceptors (Lipinski definition) is 2. The maximum Gasteiger partial charge on any atom is 0.222 e. The van der Waals surface area contributed by atoms with Gasteiger partial charge >= 0.3 is 0 Å². The van der Waals surface area contributed by atoms with E-state index in [1.807, 2.05) is 30.3 Å². The molecule has 0 aliphatic carbocycles. The van der Waals surface area contributed by atoms with Crippen LogP contribution in [-0.2, 0) is 16.8 Å². The molecule has 1 N–H and O–H groups in total. The lowest BCUT2D eigenvalue weighted by atomic mass is 9.86. The third kappa shape index (κ3) is 4.77. The predicted octanol–water partition coefficient (Wildman–Crippen LogP) is 5.51. The molecular weight excluding hydrogens is 358 g/mol. The number of anilines is 1. The monoisotopic (exact) mass is 381 g/mol. The van der Waals surface area contributed by atoms with E-state index in [2.05, 4.69) is 50.4 Å². The van der Waals surface area contributed by atoms with Crippen LogP contribution in [0.1, 0.15) is 38.8 Å². The van der Waals surface area contributed by atoms with Gasteiger partial charge in [-0.3, -0.25) is 4.79 Å². The molecule has 140 valence electrons. The van der Waals surface area contributed by atoms with E-state index in [0.29, 0.717) is 17.4 Å². The summed E-state index contributed by atoms with van der Waals surface area (Å²) in [5.41, 5.74) is 4.28. The molecule has 0 unspecified atom stereocenters. The van der Waals surface area contributed by atoms with E-state index >= 15 is 0 Å². The molecule has 0 aliphatic rings. The zero-order valence-electron chi connectivity index (χ0n) is 16.1. The first-order chi connectivity index (χ1) is 12.7. The number of nitrogens with zero attached hydrogens (tertiary/aromatic N) is 2. The lowest BCUT2D eigenvalue weighted by Gasteiger charge is -2.18. The maximum absolute atomic E-state index is 11.6. The molecule has 3 rings (SSSR count). The number of halogens is 1. The van der Waals surface area contributed by atoms with E-state index in [-0.39, 0.29) is 11.3 Å². The van der Waals surface area contributed by atoms with E-state index in [0.717, 1.165) is 16.8 Å². The predicted molar refractivity (Wildman–Crippen MR) is 111 cm³/mol. The Morgan fingerprint density at radius 3 is 2.26 bits per heavy atom. The summed E-state index contributed by atoms with van der Waals surface area (Å²) >= 11 is 5.96. The number of rotatable bonds is 4. The highest BCUT2D eigenvalue weighted by Crippen LogP contribution is 2.27. The van der Waals surface area contributed by atoms with Gasteiger partial charge in [0.25, 0.3) is 0 Å². The molecule has 0 aliphatic heterocycles. The number of aromatic nitrogens is 2. The largest absolute Gasteiger partial charge is 0.311 e. The van der Waals surface area contributed by atoms with Crippen molar-refractivity contribution in [3.05, 3.63) is 70.7 Å². The van der Waals surface area contributed by atoms with Crippen molar-refractivity contribution in [2.75, 3.05) is 5.32 Å². The van der Waals surface area contributed by atoms with Gasteiger partial charge in [-0.25, -0.2) is 4.68 Å². The third-order valence-corrected chi connectivity index (χ3v) is 4.63. The van der Waals surface area contributed by atoms with Gasteiger partial charge in [0.1, 0.15) is 5.82 Å². The molecule has 1 heterocycles. The Morgan fingerprint density at radius 1 is 1.07 bits per heavy atom. The highest BCUT2D eigenvalue weighted by Gasteiger charge is 2.15. The highest BCUT2D eigenvalue weighted by atomic mass is 35.5. The van der Waals surface area contributed by atoms with Crippen LogP contribution in [0.4, 0.5) is 5.82 Å². The Kier molecular flexibility index (Phi) is 5.38. The van der Waals surface area contributed by atoms with Crippen molar-refractivity contribution in [3.63, 3.8) is 0 Å². The molecular formula is C22H24ClN3O. The van der Waals surface area contributed by atoms with Crippen molar-refractivity contribution >= 4 is 23.3 Å². The van der Waals surface area contributed by atoms with E-state index < -0.39 is 0 Å². The molecule has 0 fully saturated rings. The van der Waals surface area contributed by atoms with Crippen LogP contribution in [0.3, 0.4) is 0 Å². The molecule has 0 saturated heterocycles. The molecule has 27 heavy (non-hydrogen) atoms. The van der Waals surface area contributed by atoms with Crippen molar-refractivity contribution in [3.8, 4) is 11.3 Å². The zero-order chi connectivity index (χ0) is 19.6. The Morgan fingerprint density at radius 2 is 1.70 bits per heavy atom. The zero-order valence-corrected chi connectivity index (χ0v) is 16.8. The average molecular weight is 382 g/mol. The molecule has 1 aromatic heterocycles. The summed E-state index contributed by atoms with van der Waals surface area (Å²) in [5, 5.41) is 8.27. The Balaban J connectivity index is 1.93. The van der Waals surface area contributed by atoms with Gasteiger partial charge < -0.3 is 5.32 Å². The Bertz CT molecular complexity index is 935. The number of nitrogens with one attached hydrogen (secondary N) is 1. The summed E-state index contributed by atoms with van der Waals surface area (Å²) in [6.07, 6.45) is 0. The van der Waals surface area contributed by atoms with Crippen molar-refractivity contribution in [1.82, 2.24) is 9.78 Å². The van der Waals surface area contributed by atoms with Crippen LogP contribution in [-0.4, -0.2) is 15.7 Å². The van der Waals surface area contributed by atoms with Gasteiger partial charge in [-0.05, 0) is 28.7 Å². The topological polar surface area (TPSA) is 46.9 Å². The lowest BCUT2D eigenvalue weighted by molar-refractivity contribution is -0.114.